The molecule has 11 heteroatoms. The van der Waals surface area contributed by atoms with Crippen molar-refractivity contribution in [3.63, 3.8) is 0 Å². The summed E-state index contributed by atoms with van der Waals surface area (Å²) in [7, 11) is 0. The number of hydrogen-bond acceptors (Lipinski definition) is 8. The second-order valence-corrected chi connectivity index (χ2v) is 6.84. The zero-order valence-electron chi connectivity index (χ0n) is 14.6. The van der Waals surface area contributed by atoms with Crippen molar-refractivity contribution in [1.82, 2.24) is 20.0 Å². The number of aromatic hydroxyl groups is 1. The number of hydrogen-bond donors (Lipinski definition) is 2. The van der Waals surface area contributed by atoms with E-state index in [0.717, 1.165) is 23.1 Å². The van der Waals surface area contributed by atoms with Crippen molar-refractivity contribution in [2.24, 2.45) is 0 Å². The number of phenolic OH excluding ortho intramolecular Hbond substituents is 1. The molecule has 29 heavy (non-hydrogen) atoms. The predicted molar refractivity (Wildman–Crippen MR) is 105 cm³/mol. The van der Waals surface area contributed by atoms with Gasteiger partial charge in [0, 0.05) is 11.6 Å². The molecule has 0 aliphatic rings. The largest absolute Gasteiger partial charge is 0.507 e. The van der Waals surface area contributed by atoms with Gasteiger partial charge in [-0.3, -0.25) is 20.2 Å². The summed E-state index contributed by atoms with van der Waals surface area (Å²) in [6, 6.07) is 13.9. The zero-order chi connectivity index (χ0) is 20.4. The molecular weight excluding hydrogens is 396 g/mol. The van der Waals surface area contributed by atoms with E-state index in [1.807, 2.05) is 30.3 Å². The van der Waals surface area contributed by atoms with E-state index in [4.69, 9.17) is 0 Å². The van der Waals surface area contributed by atoms with Crippen LogP contribution in [-0.4, -0.2) is 35.9 Å². The Morgan fingerprint density at radius 2 is 2.00 bits per heavy atom. The Morgan fingerprint density at radius 1 is 1.21 bits per heavy atom. The first-order valence-electron chi connectivity index (χ1n) is 8.24. The molecule has 0 aliphatic carbocycles. The SMILES string of the molecule is O=C(Nc1ncc([N+](=O)[O-])s1)c1ccc(-n2cc(-c3ccccc3)nn2)cc1O. The van der Waals surface area contributed by atoms with Gasteiger partial charge >= 0.3 is 5.00 Å². The summed E-state index contributed by atoms with van der Waals surface area (Å²) in [5, 5.41) is 31.4. The maximum Gasteiger partial charge on any atom is 0.345 e. The Kier molecular flexibility index (Phi) is 4.71. The number of benzene rings is 2. The molecule has 0 spiro atoms. The van der Waals surface area contributed by atoms with Gasteiger partial charge in [-0.1, -0.05) is 35.5 Å². The van der Waals surface area contributed by atoms with Gasteiger partial charge in [0.05, 0.1) is 22.4 Å². The molecule has 2 aromatic heterocycles. The van der Waals surface area contributed by atoms with Gasteiger partial charge in [-0.2, -0.15) is 0 Å². The van der Waals surface area contributed by atoms with Crippen molar-refractivity contribution in [3.05, 3.63) is 76.6 Å². The second-order valence-electron chi connectivity index (χ2n) is 5.83. The molecule has 0 unspecified atom stereocenters. The molecule has 10 nitrogen and oxygen atoms in total. The molecule has 0 radical (unpaired) electrons. The number of nitro groups is 1. The third-order valence-electron chi connectivity index (χ3n) is 3.95. The summed E-state index contributed by atoms with van der Waals surface area (Å²) in [5.41, 5.74) is 2.07. The highest BCUT2D eigenvalue weighted by atomic mass is 32.1. The van der Waals surface area contributed by atoms with Crippen molar-refractivity contribution in [3.8, 4) is 22.7 Å². The topological polar surface area (TPSA) is 136 Å². The van der Waals surface area contributed by atoms with Crippen LogP contribution in [0.5, 0.6) is 5.75 Å². The molecular formula is C18H12N6O4S. The average molecular weight is 408 g/mol. The Bertz CT molecular complexity index is 1200. The first-order chi connectivity index (χ1) is 14.0. The number of amides is 1. The minimum Gasteiger partial charge on any atom is -0.507 e. The fourth-order valence-corrected chi connectivity index (χ4v) is 3.19. The minimum atomic E-state index is -0.637. The normalized spacial score (nSPS) is 10.6. The fourth-order valence-electron chi connectivity index (χ4n) is 2.56. The van der Waals surface area contributed by atoms with Gasteiger partial charge in [-0.05, 0) is 23.5 Å². The summed E-state index contributed by atoms with van der Waals surface area (Å²) in [6.07, 6.45) is 2.76. The summed E-state index contributed by atoms with van der Waals surface area (Å²) in [6.45, 7) is 0. The first-order valence-corrected chi connectivity index (χ1v) is 9.05. The summed E-state index contributed by atoms with van der Waals surface area (Å²) in [5.74, 6) is -0.912. The van der Waals surface area contributed by atoms with Crippen LogP contribution in [0.1, 0.15) is 10.4 Å². The molecule has 2 N–H and O–H groups in total. The average Bonchev–Trinajstić information content (AvgIpc) is 3.38. The van der Waals surface area contributed by atoms with Crippen LogP contribution in [0.3, 0.4) is 0 Å². The van der Waals surface area contributed by atoms with E-state index < -0.39 is 10.8 Å². The van der Waals surface area contributed by atoms with Gasteiger partial charge in [0.25, 0.3) is 5.91 Å². The molecule has 2 heterocycles. The Morgan fingerprint density at radius 3 is 2.69 bits per heavy atom. The van der Waals surface area contributed by atoms with Gasteiger partial charge in [-0.25, -0.2) is 9.67 Å². The molecule has 144 valence electrons. The number of carbonyl (C=O) groups is 1. The van der Waals surface area contributed by atoms with Crippen LogP contribution in [-0.2, 0) is 0 Å². The molecule has 0 fully saturated rings. The van der Waals surface area contributed by atoms with E-state index in [9.17, 15) is 20.0 Å². The Labute approximate surface area is 167 Å². The Hall–Kier alpha value is -4.12. The van der Waals surface area contributed by atoms with E-state index in [2.05, 4.69) is 20.6 Å². The maximum absolute atomic E-state index is 12.3. The molecule has 0 atom stereocenters. The lowest BCUT2D eigenvalue weighted by Gasteiger charge is -2.06. The summed E-state index contributed by atoms with van der Waals surface area (Å²) >= 11 is 0.724. The third kappa shape index (κ3) is 3.80. The minimum absolute atomic E-state index is 0.00463. The molecule has 0 saturated carbocycles. The molecule has 1 amide bonds. The Balaban J connectivity index is 1.54. The number of carbonyl (C=O) groups excluding carboxylic acids is 1. The van der Waals surface area contributed by atoms with Gasteiger partial charge in [-0.15, -0.1) is 5.10 Å². The number of aromatic nitrogens is 4. The van der Waals surface area contributed by atoms with Crippen molar-refractivity contribution in [2.75, 3.05) is 5.32 Å². The van der Waals surface area contributed by atoms with E-state index in [1.165, 1.54) is 16.8 Å². The fraction of sp³-hybridized carbons (Fsp3) is 0. The zero-order valence-corrected chi connectivity index (χ0v) is 15.4. The van der Waals surface area contributed by atoms with Crippen LogP contribution in [0.2, 0.25) is 0 Å². The van der Waals surface area contributed by atoms with Gasteiger partial charge in [0.1, 0.15) is 17.6 Å². The molecule has 0 bridgehead atoms. The third-order valence-corrected chi connectivity index (χ3v) is 4.81. The van der Waals surface area contributed by atoms with E-state index in [1.54, 1.807) is 12.3 Å². The number of rotatable bonds is 5. The number of thiazole rings is 1. The summed E-state index contributed by atoms with van der Waals surface area (Å²) in [4.78, 5) is 26.2. The second kappa shape index (κ2) is 7.48. The highest BCUT2D eigenvalue weighted by Gasteiger charge is 2.17. The van der Waals surface area contributed by atoms with Crippen LogP contribution >= 0.6 is 11.3 Å². The monoisotopic (exact) mass is 408 g/mol. The molecule has 4 rings (SSSR count). The summed E-state index contributed by atoms with van der Waals surface area (Å²) < 4.78 is 1.48. The van der Waals surface area contributed by atoms with Crippen LogP contribution in [0.15, 0.2) is 60.9 Å². The molecule has 4 aromatic rings. The molecule has 0 saturated heterocycles. The van der Waals surface area contributed by atoms with Crippen LogP contribution in [0.25, 0.3) is 16.9 Å². The van der Waals surface area contributed by atoms with Gasteiger partial charge in [0.15, 0.2) is 5.13 Å². The molecule has 0 aliphatic heterocycles. The quantitative estimate of drug-likeness (QED) is 0.382. The van der Waals surface area contributed by atoms with Crippen molar-refractivity contribution in [1.29, 1.82) is 0 Å². The van der Waals surface area contributed by atoms with E-state index in [0.29, 0.717) is 11.4 Å². The maximum atomic E-state index is 12.3. The van der Waals surface area contributed by atoms with Crippen molar-refractivity contribution in [2.45, 2.75) is 0 Å². The van der Waals surface area contributed by atoms with E-state index in [-0.39, 0.29) is 21.4 Å². The highest BCUT2D eigenvalue weighted by Crippen LogP contribution is 2.27. The van der Waals surface area contributed by atoms with Crippen molar-refractivity contribution >= 4 is 27.4 Å². The lowest BCUT2D eigenvalue weighted by atomic mass is 10.1. The van der Waals surface area contributed by atoms with Crippen LogP contribution in [0, 0.1) is 10.1 Å². The predicted octanol–water partition coefficient (Wildman–Crippen LogP) is 3.26. The lowest BCUT2D eigenvalue weighted by Crippen LogP contribution is -2.12. The van der Waals surface area contributed by atoms with Crippen LogP contribution in [0.4, 0.5) is 10.1 Å². The van der Waals surface area contributed by atoms with E-state index >= 15 is 0 Å². The standard InChI is InChI=1S/C18H12N6O4S/c25-15-8-12(23-10-14(21-22-23)11-4-2-1-3-5-11)6-7-13(15)17(26)20-18-19-9-16(29-18)24(27)28/h1-10,25H,(H,19,20,26). The highest BCUT2D eigenvalue weighted by molar-refractivity contribution is 7.18. The number of nitrogens with one attached hydrogen (secondary N) is 1. The number of nitrogens with zero attached hydrogens (tertiary/aromatic N) is 5. The van der Waals surface area contributed by atoms with Crippen molar-refractivity contribution < 1.29 is 14.8 Å². The van der Waals surface area contributed by atoms with Gasteiger partial charge < -0.3 is 5.11 Å². The number of anilines is 1. The molecule has 2 aromatic carbocycles. The first kappa shape index (κ1) is 18.3. The van der Waals surface area contributed by atoms with Crippen LogP contribution < -0.4 is 5.32 Å². The smallest absolute Gasteiger partial charge is 0.345 e. The number of phenols is 1. The van der Waals surface area contributed by atoms with Gasteiger partial charge in [0.2, 0.25) is 0 Å². The lowest BCUT2D eigenvalue weighted by molar-refractivity contribution is -0.380.